The molecule has 0 spiro atoms. The summed E-state index contributed by atoms with van der Waals surface area (Å²) < 4.78 is 0. The molecule has 1 aliphatic carbocycles. The number of carboxylic acids is 1. The van der Waals surface area contributed by atoms with Gasteiger partial charge in [0.15, 0.2) is 0 Å². The predicted molar refractivity (Wildman–Crippen MR) is 78.7 cm³/mol. The third-order valence-electron chi connectivity index (χ3n) is 5.28. The van der Waals surface area contributed by atoms with Crippen molar-refractivity contribution < 1.29 is 9.90 Å². The SMILES string of the molecule is CCC1(C(=O)O)CCCN(C2CCc3ccccc32)C1. The zero-order valence-electron chi connectivity index (χ0n) is 12.1. The molecular formula is C17H23NO2. The van der Waals surface area contributed by atoms with Gasteiger partial charge < -0.3 is 5.11 Å². The zero-order chi connectivity index (χ0) is 14.2. The normalized spacial score (nSPS) is 30.1. The smallest absolute Gasteiger partial charge is 0.310 e. The molecule has 3 rings (SSSR count). The highest BCUT2D eigenvalue weighted by Gasteiger charge is 2.43. The van der Waals surface area contributed by atoms with Gasteiger partial charge in [-0.15, -0.1) is 0 Å². The number of aryl methyl sites for hydroxylation is 1. The number of fused-ring (bicyclic) bond motifs is 1. The van der Waals surface area contributed by atoms with Crippen molar-refractivity contribution in [1.29, 1.82) is 0 Å². The van der Waals surface area contributed by atoms with Crippen molar-refractivity contribution in [1.82, 2.24) is 4.90 Å². The molecule has 1 aromatic rings. The molecule has 1 heterocycles. The topological polar surface area (TPSA) is 40.5 Å². The average Bonchev–Trinajstić information content (AvgIpc) is 2.91. The van der Waals surface area contributed by atoms with Crippen molar-refractivity contribution in [3.8, 4) is 0 Å². The number of piperidine rings is 1. The first-order chi connectivity index (χ1) is 9.66. The average molecular weight is 273 g/mol. The fourth-order valence-corrected chi connectivity index (χ4v) is 3.96. The Labute approximate surface area is 120 Å². The Balaban J connectivity index is 1.84. The largest absolute Gasteiger partial charge is 0.481 e. The van der Waals surface area contributed by atoms with Crippen LogP contribution in [0.25, 0.3) is 0 Å². The number of aliphatic carboxylic acids is 1. The van der Waals surface area contributed by atoms with Crippen LogP contribution in [0, 0.1) is 5.41 Å². The van der Waals surface area contributed by atoms with Crippen LogP contribution in [0.3, 0.4) is 0 Å². The van der Waals surface area contributed by atoms with Gasteiger partial charge in [0.25, 0.3) is 0 Å². The molecule has 1 fully saturated rings. The number of hydrogen-bond acceptors (Lipinski definition) is 2. The first-order valence-corrected chi connectivity index (χ1v) is 7.71. The second kappa shape index (κ2) is 5.21. The number of benzene rings is 1. The molecule has 0 amide bonds. The fourth-order valence-electron chi connectivity index (χ4n) is 3.96. The van der Waals surface area contributed by atoms with E-state index in [4.69, 9.17) is 0 Å². The van der Waals surface area contributed by atoms with Crippen LogP contribution in [0.5, 0.6) is 0 Å². The first-order valence-electron chi connectivity index (χ1n) is 7.71. The summed E-state index contributed by atoms with van der Waals surface area (Å²) in [5, 5.41) is 9.62. The lowest BCUT2D eigenvalue weighted by Gasteiger charge is -2.42. The lowest BCUT2D eigenvalue weighted by Crippen LogP contribution is -2.48. The van der Waals surface area contributed by atoms with Crippen LogP contribution in [0.4, 0.5) is 0 Å². The minimum Gasteiger partial charge on any atom is -0.481 e. The second-order valence-electron chi connectivity index (χ2n) is 6.27. The lowest BCUT2D eigenvalue weighted by atomic mass is 9.77. The predicted octanol–water partition coefficient (Wildman–Crippen LogP) is 3.25. The minimum atomic E-state index is -0.615. The molecule has 20 heavy (non-hydrogen) atoms. The number of carboxylic acid groups (broad SMARTS) is 1. The summed E-state index contributed by atoms with van der Waals surface area (Å²) in [6.45, 7) is 3.76. The maximum atomic E-state index is 11.7. The van der Waals surface area contributed by atoms with Gasteiger partial charge in [0, 0.05) is 12.6 Å². The highest BCUT2D eigenvalue weighted by Crippen LogP contribution is 2.41. The summed E-state index contributed by atoms with van der Waals surface area (Å²) in [6.07, 6.45) is 4.82. The molecule has 1 saturated heterocycles. The van der Waals surface area contributed by atoms with E-state index in [0.717, 1.165) is 38.6 Å². The van der Waals surface area contributed by atoms with Crippen LogP contribution in [0.1, 0.15) is 49.8 Å². The third-order valence-corrected chi connectivity index (χ3v) is 5.28. The minimum absolute atomic E-state index is 0.428. The summed E-state index contributed by atoms with van der Waals surface area (Å²) in [5.74, 6) is -0.615. The van der Waals surface area contributed by atoms with E-state index in [0.29, 0.717) is 12.6 Å². The summed E-state index contributed by atoms with van der Waals surface area (Å²) in [6, 6.07) is 9.06. The molecule has 3 nitrogen and oxygen atoms in total. The highest BCUT2D eigenvalue weighted by molar-refractivity contribution is 5.75. The molecule has 0 aromatic heterocycles. The van der Waals surface area contributed by atoms with Crippen molar-refractivity contribution in [3.05, 3.63) is 35.4 Å². The zero-order valence-corrected chi connectivity index (χ0v) is 12.1. The number of nitrogens with zero attached hydrogens (tertiary/aromatic N) is 1. The van der Waals surface area contributed by atoms with Gasteiger partial charge in [-0.1, -0.05) is 31.2 Å². The van der Waals surface area contributed by atoms with Crippen LogP contribution >= 0.6 is 0 Å². The van der Waals surface area contributed by atoms with Gasteiger partial charge in [-0.25, -0.2) is 0 Å². The highest BCUT2D eigenvalue weighted by atomic mass is 16.4. The summed E-state index contributed by atoms with van der Waals surface area (Å²) in [7, 11) is 0. The summed E-state index contributed by atoms with van der Waals surface area (Å²) in [4.78, 5) is 14.1. The van der Waals surface area contributed by atoms with Crippen LogP contribution in [-0.4, -0.2) is 29.1 Å². The van der Waals surface area contributed by atoms with Crippen LogP contribution in [-0.2, 0) is 11.2 Å². The Bertz CT molecular complexity index is 513. The van der Waals surface area contributed by atoms with E-state index in [1.54, 1.807) is 0 Å². The molecule has 2 aliphatic rings. The molecule has 3 heteroatoms. The molecular weight excluding hydrogens is 250 g/mol. The standard InChI is InChI=1S/C17H23NO2/c1-2-17(16(19)20)10-5-11-18(12-17)15-9-8-13-6-3-4-7-14(13)15/h3-4,6-7,15H,2,5,8-12H2,1H3,(H,19,20). The molecule has 2 atom stereocenters. The molecule has 108 valence electrons. The van der Waals surface area contributed by atoms with Gasteiger partial charge in [0.2, 0.25) is 0 Å². The number of hydrogen-bond donors (Lipinski definition) is 1. The number of likely N-dealkylation sites (tertiary alicyclic amines) is 1. The van der Waals surface area contributed by atoms with Gasteiger partial charge in [-0.05, 0) is 49.8 Å². The second-order valence-corrected chi connectivity index (χ2v) is 6.27. The number of carbonyl (C=O) groups is 1. The van der Waals surface area contributed by atoms with Gasteiger partial charge in [-0.2, -0.15) is 0 Å². The van der Waals surface area contributed by atoms with E-state index in [9.17, 15) is 9.90 Å². The first kappa shape index (κ1) is 13.6. The fraction of sp³-hybridized carbons (Fsp3) is 0.588. The van der Waals surface area contributed by atoms with Crippen molar-refractivity contribution in [2.75, 3.05) is 13.1 Å². The molecule has 1 aliphatic heterocycles. The van der Waals surface area contributed by atoms with Crippen molar-refractivity contribution in [2.45, 2.75) is 45.1 Å². The quantitative estimate of drug-likeness (QED) is 0.919. The van der Waals surface area contributed by atoms with Crippen molar-refractivity contribution in [3.63, 3.8) is 0 Å². The van der Waals surface area contributed by atoms with Gasteiger partial charge in [0.1, 0.15) is 0 Å². The molecule has 0 radical (unpaired) electrons. The van der Waals surface area contributed by atoms with Gasteiger partial charge >= 0.3 is 5.97 Å². The maximum Gasteiger partial charge on any atom is 0.310 e. The Hall–Kier alpha value is -1.35. The molecule has 0 bridgehead atoms. The van der Waals surface area contributed by atoms with Crippen molar-refractivity contribution in [2.24, 2.45) is 5.41 Å². The Kier molecular flexibility index (Phi) is 3.55. The van der Waals surface area contributed by atoms with E-state index < -0.39 is 11.4 Å². The summed E-state index contributed by atoms with van der Waals surface area (Å²) >= 11 is 0. The van der Waals surface area contributed by atoms with Crippen molar-refractivity contribution >= 4 is 5.97 Å². The molecule has 0 saturated carbocycles. The summed E-state index contributed by atoms with van der Waals surface area (Å²) in [5.41, 5.74) is 2.33. The molecule has 1 aromatic carbocycles. The maximum absolute atomic E-state index is 11.7. The monoisotopic (exact) mass is 273 g/mol. The van der Waals surface area contributed by atoms with Gasteiger partial charge in [-0.3, -0.25) is 9.69 Å². The van der Waals surface area contributed by atoms with E-state index >= 15 is 0 Å². The van der Waals surface area contributed by atoms with Crippen LogP contribution in [0.15, 0.2) is 24.3 Å². The van der Waals surface area contributed by atoms with Crippen LogP contribution < -0.4 is 0 Å². The lowest BCUT2D eigenvalue weighted by molar-refractivity contribution is -0.153. The van der Waals surface area contributed by atoms with E-state index in [2.05, 4.69) is 29.2 Å². The Morgan fingerprint density at radius 1 is 1.45 bits per heavy atom. The molecule has 2 unspecified atom stereocenters. The third kappa shape index (κ3) is 2.14. The van der Waals surface area contributed by atoms with Gasteiger partial charge in [0.05, 0.1) is 5.41 Å². The Morgan fingerprint density at radius 2 is 2.25 bits per heavy atom. The van der Waals surface area contributed by atoms with E-state index in [-0.39, 0.29) is 0 Å². The number of rotatable bonds is 3. The van der Waals surface area contributed by atoms with Crippen LogP contribution in [0.2, 0.25) is 0 Å². The molecule has 1 N–H and O–H groups in total. The van der Waals surface area contributed by atoms with E-state index in [1.807, 2.05) is 6.92 Å². The Morgan fingerprint density at radius 3 is 3.00 bits per heavy atom. The van der Waals surface area contributed by atoms with E-state index in [1.165, 1.54) is 11.1 Å².